The number of nitrogens with two attached hydrogens (primary N) is 1. The van der Waals surface area contributed by atoms with Gasteiger partial charge in [-0.1, -0.05) is 17.7 Å². The molecule has 13 heteroatoms. The molecule has 0 saturated carbocycles. The summed E-state index contributed by atoms with van der Waals surface area (Å²) in [7, 11) is 1.58. The number of pyridine rings is 1. The Hall–Kier alpha value is -4.29. The predicted molar refractivity (Wildman–Crippen MR) is 140 cm³/mol. The number of hydrogen-bond acceptors (Lipinski definition) is 9. The molecule has 0 atom stereocenters. The third-order valence-corrected chi connectivity index (χ3v) is 6.15. The number of aryl methyl sites for hydroxylation is 1. The van der Waals surface area contributed by atoms with Gasteiger partial charge in [0.2, 0.25) is 0 Å². The van der Waals surface area contributed by atoms with E-state index in [9.17, 15) is 4.79 Å². The van der Waals surface area contributed by atoms with E-state index in [-0.39, 0.29) is 11.6 Å². The van der Waals surface area contributed by atoms with Crippen molar-refractivity contribution < 1.29 is 9.53 Å². The molecule has 0 aliphatic heterocycles. The van der Waals surface area contributed by atoms with Crippen molar-refractivity contribution in [2.45, 2.75) is 20.0 Å². The van der Waals surface area contributed by atoms with Gasteiger partial charge in [0, 0.05) is 49.3 Å². The molecule has 12 nitrogen and oxygen atoms in total. The van der Waals surface area contributed by atoms with Crippen LogP contribution < -0.4 is 21.1 Å². The maximum atomic E-state index is 12.3. The van der Waals surface area contributed by atoms with Gasteiger partial charge in [-0.05, 0) is 24.6 Å². The topological polar surface area (TPSA) is 151 Å². The first kappa shape index (κ1) is 24.4. The van der Waals surface area contributed by atoms with Crippen LogP contribution in [0, 0.1) is 0 Å². The second kappa shape index (κ2) is 10.4. The number of ether oxygens (including phenoxy) is 1. The number of aromatic nitrogens is 7. The highest BCUT2D eigenvalue weighted by Crippen LogP contribution is 2.32. The monoisotopic (exact) mass is 520 g/mol. The lowest BCUT2D eigenvalue weighted by Gasteiger charge is -2.13. The number of fused-ring (bicyclic) bond motifs is 3. The summed E-state index contributed by atoms with van der Waals surface area (Å²) in [4.78, 5) is 21.2. The maximum absolute atomic E-state index is 12.3. The number of anilines is 1. The first-order chi connectivity index (χ1) is 18.0. The van der Waals surface area contributed by atoms with Gasteiger partial charge in [0.05, 0.1) is 23.7 Å². The Labute approximate surface area is 216 Å². The van der Waals surface area contributed by atoms with Gasteiger partial charge in [-0.3, -0.25) is 9.36 Å². The molecule has 0 fully saturated rings. The number of carbonyl (C=O) groups excluding carboxylic acids is 1. The van der Waals surface area contributed by atoms with Gasteiger partial charge in [-0.25, -0.2) is 14.6 Å². The lowest BCUT2D eigenvalue weighted by atomic mass is 10.1. The second-order valence-corrected chi connectivity index (χ2v) is 8.56. The molecule has 1 amide bonds. The highest BCUT2D eigenvalue weighted by Gasteiger charge is 2.19. The molecule has 37 heavy (non-hydrogen) atoms. The van der Waals surface area contributed by atoms with Crippen LogP contribution in [0.1, 0.15) is 23.0 Å². The number of hydrogen-bond donors (Lipinski definition) is 3. The van der Waals surface area contributed by atoms with Crippen LogP contribution in [0.5, 0.6) is 5.75 Å². The van der Waals surface area contributed by atoms with E-state index in [1.54, 1.807) is 30.3 Å². The van der Waals surface area contributed by atoms with Crippen LogP contribution in [0.3, 0.4) is 0 Å². The standard InChI is InChI=1S/C24H25ClN10O2/c1-3-35-22-16(11-31-35)20-15(10-29-22)23(34-12-18(30-13-34)24(36)27-7-6-26)33-32-21(20)28-9-14-4-5-19(37-2)17(25)8-14/h4-5,8,10-13H,3,6-7,9,26H2,1-2H3,(H,27,36)(H,28,32). The molecule has 0 unspecified atom stereocenters. The third-order valence-electron chi connectivity index (χ3n) is 5.85. The molecule has 4 heterocycles. The summed E-state index contributed by atoms with van der Waals surface area (Å²) in [6.45, 7) is 3.83. The Morgan fingerprint density at radius 2 is 2.05 bits per heavy atom. The summed E-state index contributed by atoms with van der Waals surface area (Å²) in [5, 5.41) is 22.4. The summed E-state index contributed by atoms with van der Waals surface area (Å²) in [5.74, 6) is 1.34. The average molecular weight is 521 g/mol. The van der Waals surface area contributed by atoms with E-state index in [4.69, 9.17) is 22.1 Å². The van der Waals surface area contributed by atoms with Gasteiger partial charge in [0.1, 0.15) is 17.8 Å². The molecule has 0 aliphatic carbocycles. The molecule has 5 rings (SSSR count). The minimum Gasteiger partial charge on any atom is -0.495 e. The third kappa shape index (κ3) is 4.63. The normalized spacial score (nSPS) is 11.2. The highest BCUT2D eigenvalue weighted by molar-refractivity contribution is 6.32. The van der Waals surface area contributed by atoms with Crippen LogP contribution in [0.25, 0.3) is 27.6 Å². The van der Waals surface area contributed by atoms with Crippen LogP contribution >= 0.6 is 11.6 Å². The molecular formula is C24H25ClN10O2. The molecule has 190 valence electrons. The lowest BCUT2D eigenvalue weighted by molar-refractivity contribution is 0.0950. The Morgan fingerprint density at radius 3 is 2.81 bits per heavy atom. The number of nitrogens with one attached hydrogen (secondary N) is 2. The molecule has 0 spiro atoms. The van der Waals surface area contributed by atoms with E-state index >= 15 is 0 Å². The molecule has 0 radical (unpaired) electrons. The molecule has 5 aromatic rings. The number of nitrogens with zero attached hydrogens (tertiary/aromatic N) is 7. The molecule has 0 aliphatic rings. The van der Waals surface area contributed by atoms with E-state index in [1.807, 2.05) is 29.8 Å². The van der Waals surface area contributed by atoms with Crippen LogP contribution in [0.2, 0.25) is 5.02 Å². The highest BCUT2D eigenvalue weighted by atomic mass is 35.5. The van der Waals surface area contributed by atoms with Crippen LogP contribution in [0.4, 0.5) is 5.82 Å². The van der Waals surface area contributed by atoms with Gasteiger partial charge >= 0.3 is 0 Å². The molecule has 0 saturated heterocycles. The summed E-state index contributed by atoms with van der Waals surface area (Å²) in [6, 6.07) is 5.59. The number of halogens is 1. The van der Waals surface area contributed by atoms with Crippen molar-refractivity contribution in [3.63, 3.8) is 0 Å². The van der Waals surface area contributed by atoms with Crippen molar-refractivity contribution >= 4 is 45.1 Å². The van der Waals surface area contributed by atoms with Crippen LogP contribution in [0.15, 0.2) is 43.1 Å². The minimum atomic E-state index is -0.317. The first-order valence-electron chi connectivity index (χ1n) is 11.6. The molecular weight excluding hydrogens is 496 g/mol. The number of amides is 1. The summed E-state index contributed by atoms with van der Waals surface area (Å²) in [5.41, 5.74) is 7.40. The average Bonchev–Trinajstić information content (AvgIpc) is 3.58. The number of methoxy groups -OCH3 is 1. The van der Waals surface area contributed by atoms with Crippen molar-refractivity contribution in [1.82, 2.24) is 39.8 Å². The largest absolute Gasteiger partial charge is 0.495 e. The molecule has 4 N–H and O–H groups in total. The number of benzene rings is 1. The van der Waals surface area contributed by atoms with Crippen molar-refractivity contribution in [3.8, 4) is 11.6 Å². The van der Waals surface area contributed by atoms with Crippen molar-refractivity contribution in [2.24, 2.45) is 5.73 Å². The fraction of sp³-hybridized carbons (Fsp3) is 0.250. The zero-order chi connectivity index (χ0) is 25.9. The molecule has 4 aromatic heterocycles. The number of carbonyl (C=O) groups is 1. The Kier molecular flexibility index (Phi) is 6.84. The van der Waals surface area contributed by atoms with Gasteiger partial charge < -0.3 is 21.1 Å². The van der Waals surface area contributed by atoms with E-state index in [0.29, 0.717) is 48.6 Å². The molecule has 1 aromatic carbocycles. The maximum Gasteiger partial charge on any atom is 0.271 e. The Morgan fingerprint density at radius 1 is 1.19 bits per heavy atom. The van der Waals surface area contributed by atoms with Crippen molar-refractivity contribution in [3.05, 3.63) is 59.4 Å². The minimum absolute atomic E-state index is 0.245. The smallest absolute Gasteiger partial charge is 0.271 e. The Balaban J connectivity index is 1.57. The van der Waals surface area contributed by atoms with Crippen molar-refractivity contribution in [2.75, 3.05) is 25.5 Å². The van der Waals surface area contributed by atoms with E-state index in [2.05, 4.69) is 35.9 Å². The predicted octanol–water partition coefficient (Wildman–Crippen LogP) is 2.54. The van der Waals surface area contributed by atoms with Gasteiger partial charge in [0.15, 0.2) is 17.3 Å². The van der Waals surface area contributed by atoms with Gasteiger partial charge in [0.25, 0.3) is 5.91 Å². The number of rotatable bonds is 9. The summed E-state index contributed by atoms with van der Waals surface area (Å²) < 4.78 is 8.71. The fourth-order valence-electron chi connectivity index (χ4n) is 4.04. The zero-order valence-electron chi connectivity index (χ0n) is 20.3. The number of imidazole rings is 1. The van der Waals surface area contributed by atoms with Gasteiger partial charge in [-0.2, -0.15) is 5.10 Å². The summed E-state index contributed by atoms with van der Waals surface area (Å²) >= 11 is 6.30. The Bertz CT molecular complexity index is 1600. The van der Waals surface area contributed by atoms with Crippen LogP contribution in [-0.2, 0) is 13.1 Å². The quantitative estimate of drug-likeness (QED) is 0.266. The van der Waals surface area contributed by atoms with Gasteiger partial charge in [-0.15, -0.1) is 10.2 Å². The van der Waals surface area contributed by atoms with E-state index < -0.39 is 0 Å². The molecule has 0 bridgehead atoms. The fourth-order valence-corrected chi connectivity index (χ4v) is 4.32. The summed E-state index contributed by atoms with van der Waals surface area (Å²) in [6.07, 6.45) is 6.63. The van der Waals surface area contributed by atoms with E-state index in [1.165, 1.54) is 6.33 Å². The zero-order valence-corrected chi connectivity index (χ0v) is 21.0. The lowest BCUT2D eigenvalue weighted by Crippen LogP contribution is -2.29. The van der Waals surface area contributed by atoms with E-state index in [0.717, 1.165) is 27.4 Å². The van der Waals surface area contributed by atoms with Crippen LogP contribution in [-0.4, -0.2) is 60.6 Å². The second-order valence-electron chi connectivity index (χ2n) is 8.15. The van der Waals surface area contributed by atoms with Crippen molar-refractivity contribution in [1.29, 1.82) is 0 Å². The first-order valence-corrected chi connectivity index (χ1v) is 12.0. The SMILES string of the molecule is CCn1ncc2c3c(NCc4ccc(OC)c(Cl)c4)nnc(-n4cnc(C(=O)NCCN)c4)c3cnc21.